The summed E-state index contributed by atoms with van der Waals surface area (Å²) in [6.45, 7) is 2.98. The van der Waals surface area contributed by atoms with Crippen LogP contribution >= 0.6 is 0 Å². The Morgan fingerprint density at radius 2 is 2.09 bits per heavy atom. The minimum atomic E-state index is -0.629. The summed E-state index contributed by atoms with van der Waals surface area (Å²) in [6, 6.07) is 4.28. The van der Waals surface area contributed by atoms with Crippen LogP contribution in [0.4, 0.5) is 4.39 Å². The number of rotatable bonds is 9. The number of nitrogens with zero attached hydrogens (tertiary/aromatic N) is 1. The van der Waals surface area contributed by atoms with Gasteiger partial charge in [0, 0.05) is 33.9 Å². The molecule has 0 bridgehead atoms. The van der Waals surface area contributed by atoms with Gasteiger partial charge in [0.05, 0.1) is 13.2 Å². The number of methoxy groups -OCH3 is 1. The Hall–Kier alpha value is -1.86. The summed E-state index contributed by atoms with van der Waals surface area (Å²) in [5, 5.41) is 15.4. The Morgan fingerprint density at radius 3 is 2.77 bits per heavy atom. The molecule has 1 aromatic carbocycles. The van der Waals surface area contributed by atoms with E-state index in [2.05, 4.69) is 15.6 Å². The van der Waals surface area contributed by atoms with Crippen LogP contribution in [0.2, 0.25) is 0 Å². The van der Waals surface area contributed by atoms with Crippen LogP contribution in [0.1, 0.15) is 12.0 Å². The smallest absolute Gasteiger partial charge is 0.191 e. The first kappa shape index (κ1) is 18.2. The van der Waals surface area contributed by atoms with E-state index in [0.29, 0.717) is 32.3 Å². The fraction of sp³-hybridized carbons (Fsp3) is 0.533. The number of hydrogen-bond donors (Lipinski definition) is 3. The van der Waals surface area contributed by atoms with Crippen molar-refractivity contribution in [3.8, 4) is 5.75 Å². The molecular formula is C15H24FN3O3. The van der Waals surface area contributed by atoms with Gasteiger partial charge in [0.1, 0.15) is 0 Å². The first-order valence-corrected chi connectivity index (χ1v) is 7.16. The van der Waals surface area contributed by atoms with Crippen LogP contribution in [-0.4, -0.2) is 51.6 Å². The van der Waals surface area contributed by atoms with Gasteiger partial charge in [0.25, 0.3) is 0 Å². The largest absolute Gasteiger partial charge is 0.505 e. The lowest BCUT2D eigenvalue weighted by molar-refractivity contribution is 0.0698. The Morgan fingerprint density at radius 1 is 1.27 bits per heavy atom. The summed E-state index contributed by atoms with van der Waals surface area (Å²) in [5.41, 5.74) is 0.723. The third-order valence-electron chi connectivity index (χ3n) is 2.89. The SMILES string of the molecule is CN=C(NCCCOCCOC)NCc1ccc(O)c(F)c1. The van der Waals surface area contributed by atoms with E-state index in [1.54, 1.807) is 20.2 Å². The van der Waals surface area contributed by atoms with E-state index < -0.39 is 5.82 Å². The molecule has 7 heteroatoms. The van der Waals surface area contributed by atoms with E-state index >= 15 is 0 Å². The molecule has 0 aliphatic carbocycles. The summed E-state index contributed by atoms with van der Waals surface area (Å²) in [4.78, 5) is 4.08. The van der Waals surface area contributed by atoms with E-state index in [-0.39, 0.29) is 5.75 Å². The average Bonchev–Trinajstić information content (AvgIpc) is 2.52. The lowest BCUT2D eigenvalue weighted by Gasteiger charge is -2.12. The molecule has 0 saturated heterocycles. The van der Waals surface area contributed by atoms with Crippen molar-refractivity contribution < 1.29 is 19.0 Å². The van der Waals surface area contributed by atoms with Crippen molar-refractivity contribution in [2.45, 2.75) is 13.0 Å². The Bertz CT molecular complexity index is 469. The minimum Gasteiger partial charge on any atom is -0.505 e. The summed E-state index contributed by atoms with van der Waals surface area (Å²) in [7, 11) is 3.31. The Kier molecular flexibility index (Phi) is 8.94. The Labute approximate surface area is 130 Å². The minimum absolute atomic E-state index is 0.347. The van der Waals surface area contributed by atoms with Crippen molar-refractivity contribution in [1.29, 1.82) is 0 Å². The molecule has 6 nitrogen and oxygen atoms in total. The maximum absolute atomic E-state index is 13.2. The molecule has 0 fully saturated rings. The molecule has 0 radical (unpaired) electrons. The highest BCUT2D eigenvalue weighted by molar-refractivity contribution is 5.79. The van der Waals surface area contributed by atoms with E-state index in [1.807, 2.05) is 0 Å². The summed E-state index contributed by atoms with van der Waals surface area (Å²) in [6.07, 6.45) is 0.845. The average molecular weight is 313 g/mol. The molecule has 0 aromatic heterocycles. The molecule has 0 unspecified atom stereocenters. The molecule has 0 saturated carbocycles. The number of aliphatic imine (C=N–C) groups is 1. The van der Waals surface area contributed by atoms with Gasteiger partial charge in [-0.25, -0.2) is 4.39 Å². The van der Waals surface area contributed by atoms with Gasteiger partial charge < -0.3 is 25.2 Å². The molecular weight excluding hydrogens is 289 g/mol. The number of benzene rings is 1. The maximum Gasteiger partial charge on any atom is 0.191 e. The zero-order chi connectivity index (χ0) is 16.2. The van der Waals surface area contributed by atoms with Crippen molar-refractivity contribution >= 4 is 5.96 Å². The van der Waals surface area contributed by atoms with Crippen LogP contribution in [0, 0.1) is 5.82 Å². The first-order chi connectivity index (χ1) is 10.7. The maximum atomic E-state index is 13.2. The Balaban J connectivity index is 2.21. The second kappa shape index (κ2) is 10.8. The molecule has 1 rings (SSSR count). The van der Waals surface area contributed by atoms with Crippen molar-refractivity contribution in [1.82, 2.24) is 10.6 Å². The number of hydrogen-bond acceptors (Lipinski definition) is 4. The van der Waals surface area contributed by atoms with Gasteiger partial charge in [0.15, 0.2) is 17.5 Å². The number of nitrogens with one attached hydrogen (secondary N) is 2. The summed E-state index contributed by atoms with van der Waals surface area (Å²) >= 11 is 0. The van der Waals surface area contributed by atoms with Crippen LogP contribution < -0.4 is 10.6 Å². The van der Waals surface area contributed by atoms with Crippen LogP contribution in [0.25, 0.3) is 0 Å². The van der Waals surface area contributed by atoms with Crippen LogP contribution in [0.15, 0.2) is 23.2 Å². The van der Waals surface area contributed by atoms with Gasteiger partial charge in [-0.1, -0.05) is 6.07 Å². The highest BCUT2D eigenvalue weighted by Gasteiger charge is 2.03. The van der Waals surface area contributed by atoms with Gasteiger partial charge in [-0.05, 0) is 24.1 Å². The predicted octanol–water partition coefficient (Wildman–Crippen LogP) is 1.25. The fourth-order valence-electron chi connectivity index (χ4n) is 1.69. The van der Waals surface area contributed by atoms with E-state index in [4.69, 9.17) is 14.6 Å². The molecule has 0 spiro atoms. The number of ether oxygens (including phenoxy) is 2. The van der Waals surface area contributed by atoms with E-state index in [0.717, 1.165) is 18.5 Å². The van der Waals surface area contributed by atoms with Gasteiger partial charge in [-0.3, -0.25) is 4.99 Å². The first-order valence-electron chi connectivity index (χ1n) is 7.16. The number of guanidine groups is 1. The number of phenols is 1. The van der Waals surface area contributed by atoms with Gasteiger partial charge in [0.2, 0.25) is 0 Å². The van der Waals surface area contributed by atoms with E-state index in [1.165, 1.54) is 12.1 Å². The lowest BCUT2D eigenvalue weighted by Crippen LogP contribution is -2.37. The molecule has 0 atom stereocenters. The predicted molar refractivity (Wildman–Crippen MR) is 83.6 cm³/mol. The van der Waals surface area contributed by atoms with Crippen molar-refractivity contribution in [3.05, 3.63) is 29.6 Å². The highest BCUT2D eigenvalue weighted by atomic mass is 19.1. The summed E-state index contributed by atoms with van der Waals surface area (Å²) in [5.74, 6) is -0.347. The molecule has 0 heterocycles. The zero-order valence-electron chi connectivity index (χ0n) is 13.1. The van der Waals surface area contributed by atoms with Crippen molar-refractivity contribution in [2.24, 2.45) is 4.99 Å². The van der Waals surface area contributed by atoms with Crippen LogP contribution in [0.5, 0.6) is 5.75 Å². The number of phenolic OH excluding ortho intramolecular Hbond substituents is 1. The van der Waals surface area contributed by atoms with Crippen LogP contribution in [-0.2, 0) is 16.0 Å². The van der Waals surface area contributed by atoms with Gasteiger partial charge >= 0.3 is 0 Å². The lowest BCUT2D eigenvalue weighted by atomic mass is 10.2. The quantitative estimate of drug-likeness (QED) is 0.363. The number of aromatic hydroxyl groups is 1. The highest BCUT2D eigenvalue weighted by Crippen LogP contribution is 2.15. The van der Waals surface area contributed by atoms with Crippen molar-refractivity contribution in [2.75, 3.05) is 40.5 Å². The second-order valence-corrected chi connectivity index (χ2v) is 4.60. The van der Waals surface area contributed by atoms with Gasteiger partial charge in [-0.2, -0.15) is 0 Å². The zero-order valence-corrected chi connectivity index (χ0v) is 13.1. The summed E-state index contributed by atoms with van der Waals surface area (Å²) < 4.78 is 23.4. The molecule has 124 valence electrons. The normalized spacial score (nSPS) is 11.5. The van der Waals surface area contributed by atoms with Crippen molar-refractivity contribution in [3.63, 3.8) is 0 Å². The molecule has 22 heavy (non-hydrogen) atoms. The topological polar surface area (TPSA) is 75.1 Å². The van der Waals surface area contributed by atoms with E-state index in [9.17, 15) is 4.39 Å². The van der Waals surface area contributed by atoms with Crippen LogP contribution in [0.3, 0.4) is 0 Å². The third kappa shape index (κ3) is 7.24. The second-order valence-electron chi connectivity index (χ2n) is 4.60. The molecule has 0 aliphatic heterocycles. The molecule has 0 aliphatic rings. The van der Waals surface area contributed by atoms with Gasteiger partial charge in [-0.15, -0.1) is 0 Å². The fourth-order valence-corrected chi connectivity index (χ4v) is 1.69. The third-order valence-corrected chi connectivity index (χ3v) is 2.89. The standard InChI is InChI=1S/C15H24FN3O3/c1-17-15(18-6-3-7-22-9-8-21-2)19-11-12-4-5-14(20)13(16)10-12/h4-5,10,20H,3,6-9,11H2,1-2H3,(H2,17,18,19). The molecule has 1 aromatic rings. The monoisotopic (exact) mass is 313 g/mol. The number of halogens is 1. The molecule has 3 N–H and O–H groups in total. The molecule has 0 amide bonds.